The number of hydrogen-bond donors (Lipinski definition) is 2. The van der Waals surface area contributed by atoms with E-state index in [9.17, 15) is 19.7 Å². The molecule has 31 heavy (non-hydrogen) atoms. The van der Waals surface area contributed by atoms with Crippen molar-refractivity contribution >= 4 is 23.0 Å². The Labute approximate surface area is 176 Å². The topological polar surface area (TPSA) is 130 Å². The summed E-state index contributed by atoms with van der Waals surface area (Å²) in [4.78, 5) is 36.9. The first-order chi connectivity index (χ1) is 15.0. The molecule has 0 radical (unpaired) electrons. The van der Waals surface area contributed by atoms with Gasteiger partial charge in [-0.2, -0.15) is 5.10 Å². The van der Waals surface area contributed by atoms with Crippen LogP contribution in [0.5, 0.6) is 0 Å². The zero-order valence-corrected chi connectivity index (χ0v) is 16.4. The largest absolute Gasteiger partial charge is 0.378 e. The van der Waals surface area contributed by atoms with E-state index in [1.807, 2.05) is 4.90 Å². The van der Waals surface area contributed by atoms with Crippen LogP contribution in [-0.4, -0.2) is 47.3 Å². The van der Waals surface area contributed by atoms with Gasteiger partial charge in [-0.15, -0.1) is 0 Å². The molecule has 1 aliphatic rings. The summed E-state index contributed by atoms with van der Waals surface area (Å²) in [6.07, 6.45) is 0. The molecule has 0 unspecified atom stereocenters. The minimum absolute atomic E-state index is 0.124. The lowest BCUT2D eigenvalue weighted by atomic mass is 10.1. The molecule has 2 aromatic carbocycles. The van der Waals surface area contributed by atoms with E-state index in [4.69, 9.17) is 4.74 Å². The number of rotatable bonds is 5. The van der Waals surface area contributed by atoms with E-state index in [1.54, 1.807) is 42.5 Å². The number of amides is 1. The first-order valence-electron chi connectivity index (χ1n) is 9.60. The summed E-state index contributed by atoms with van der Waals surface area (Å²) in [5, 5.41) is 20.7. The van der Waals surface area contributed by atoms with Crippen molar-refractivity contribution in [1.29, 1.82) is 0 Å². The van der Waals surface area contributed by atoms with Crippen molar-refractivity contribution < 1.29 is 14.5 Å². The van der Waals surface area contributed by atoms with Gasteiger partial charge in [-0.25, -0.2) is 5.10 Å². The number of nitro groups is 1. The molecule has 0 bridgehead atoms. The summed E-state index contributed by atoms with van der Waals surface area (Å²) >= 11 is 0. The lowest BCUT2D eigenvalue weighted by Gasteiger charge is -2.28. The van der Waals surface area contributed by atoms with Crippen LogP contribution >= 0.6 is 0 Å². The molecule has 0 saturated carbocycles. The smallest absolute Gasteiger partial charge is 0.293 e. The highest BCUT2D eigenvalue weighted by Crippen LogP contribution is 2.30. The first kappa shape index (κ1) is 20.2. The van der Waals surface area contributed by atoms with Crippen molar-refractivity contribution in [1.82, 2.24) is 10.2 Å². The Morgan fingerprint density at radius 3 is 2.65 bits per heavy atom. The van der Waals surface area contributed by atoms with Crippen LogP contribution in [0.4, 0.5) is 17.1 Å². The molecule has 0 atom stereocenters. The summed E-state index contributed by atoms with van der Waals surface area (Å²) in [6, 6.07) is 14.3. The number of aromatic nitrogens is 2. The monoisotopic (exact) mass is 421 g/mol. The number of nitrogens with one attached hydrogen (secondary N) is 2. The quantitative estimate of drug-likeness (QED) is 0.478. The van der Waals surface area contributed by atoms with E-state index >= 15 is 0 Å². The number of carbonyl (C=O) groups excluding carboxylic acids is 1. The number of benzene rings is 2. The van der Waals surface area contributed by atoms with Crippen molar-refractivity contribution in [3.8, 4) is 11.3 Å². The van der Waals surface area contributed by atoms with Crippen molar-refractivity contribution in [3.05, 3.63) is 80.6 Å². The second-order valence-electron chi connectivity index (χ2n) is 6.90. The molecule has 2 N–H and O–H groups in total. The van der Waals surface area contributed by atoms with Crippen LogP contribution in [0.1, 0.15) is 10.4 Å². The second-order valence-corrected chi connectivity index (χ2v) is 6.90. The number of hydrogen-bond acceptors (Lipinski definition) is 7. The summed E-state index contributed by atoms with van der Waals surface area (Å²) in [5.74, 6) is -0.469. The third-order valence-corrected chi connectivity index (χ3v) is 4.88. The highest BCUT2D eigenvalue weighted by atomic mass is 16.6. The standard InChI is InChI=1S/C21H19N5O5/c27-20-7-5-17(23-24-20)14-2-1-3-16(12-14)22-21(28)15-4-6-18(19(13-15)26(29)30)25-8-10-31-11-9-25/h1-7,12-13H,8-11H2,(H,22,28)(H,24,27). The molecule has 1 amide bonds. The number of carbonyl (C=O) groups is 1. The van der Waals surface area contributed by atoms with Crippen LogP contribution in [0.3, 0.4) is 0 Å². The van der Waals surface area contributed by atoms with Crippen molar-refractivity contribution in [2.75, 3.05) is 36.5 Å². The van der Waals surface area contributed by atoms with E-state index in [1.165, 1.54) is 12.1 Å². The van der Waals surface area contributed by atoms with Gasteiger partial charge in [0.2, 0.25) is 0 Å². The average Bonchev–Trinajstić information content (AvgIpc) is 2.80. The second kappa shape index (κ2) is 8.76. The minimum Gasteiger partial charge on any atom is -0.378 e. The van der Waals surface area contributed by atoms with Gasteiger partial charge in [0.1, 0.15) is 5.69 Å². The van der Waals surface area contributed by atoms with E-state index in [2.05, 4.69) is 15.5 Å². The Morgan fingerprint density at radius 1 is 1.13 bits per heavy atom. The fourth-order valence-electron chi connectivity index (χ4n) is 3.35. The third-order valence-electron chi connectivity index (χ3n) is 4.88. The van der Waals surface area contributed by atoms with E-state index < -0.39 is 10.8 Å². The van der Waals surface area contributed by atoms with Crippen LogP contribution < -0.4 is 15.8 Å². The Balaban J connectivity index is 1.56. The van der Waals surface area contributed by atoms with Gasteiger partial charge in [-0.3, -0.25) is 19.7 Å². The molecular weight excluding hydrogens is 402 g/mol. The van der Waals surface area contributed by atoms with Crippen molar-refractivity contribution in [2.24, 2.45) is 0 Å². The number of anilines is 2. The fourth-order valence-corrected chi connectivity index (χ4v) is 3.35. The Kier molecular flexibility index (Phi) is 5.72. The highest BCUT2D eigenvalue weighted by molar-refractivity contribution is 6.05. The van der Waals surface area contributed by atoms with Crippen molar-refractivity contribution in [2.45, 2.75) is 0 Å². The molecule has 1 fully saturated rings. The molecule has 2 heterocycles. The Hall–Kier alpha value is -4.05. The van der Waals surface area contributed by atoms with E-state index in [-0.39, 0.29) is 16.8 Å². The van der Waals surface area contributed by atoms with Gasteiger partial charge in [0.05, 0.1) is 23.8 Å². The molecule has 3 aromatic rings. The van der Waals surface area contributed by atoms with E-state index in [0.29, 0.717) is 48.9 Å². The first-order valence-corrected chi connectivity index (χ1v) is 9.60. The van der Waals surface area contributed by atoms with Gasteiger partial charge in [-0.05, 0) is 30.3 Å². The summed E-state index contributed by atoms with van der Waals surface area (Å²) in [5.41, 5.74) is 1.95. The molecular formula is C21H19N5O5. The van der Waals surface area contributed by atoms with E-state index in [0.717, 1.165) is 0 Å². The number of morpholine rings is 1. The van der Waals surface area contributed by atoms with Crippen molar-refractivity contribution in [3.63, 3.8) is 0 Å². The maximum absolute atomic E-state index is 12.7. The molecule has 10 heteroatoms. The van der Waals surface area contributed by atoms with Gasteiger partial charge >= 0.3 is 0 Å². The van der Waals surface area contributed by atoms with Crippen LogP contribution in [-0.2, 0) is 4.74 Å². The summed E-state index contributed by atoms with van der Waals surface area (Å²) < 4.78 is 5.30. The highest BCUT2D eigenvalue weighted by Gasteiger charge is 2.23. The van der Waals surface area contributed by atoms with Crippen LogP contribution in [0.15, 0.2) is 59.4 Å². The van der Waals surface area contributed by atoms with Gasteiger partial charge in [0.15, 0.2) is 0 Å². The van der Waals surface area contributed by atoms with Gasteiger partial charge in [0, 0.05) is 42.0 Å². The molecule has 10 nitrogen and oxygen atoms in total. The molecule has 0 aliphatic carbocycles. The molecule has 1 saturated heterocycles. The molecule has 1 aliphatic heterocycles. The van der Waals surface area contributed by atoms with Crippen LogP contribution in [0, 0.1) is 10.1 Å². The maximum atomic E-state index is 12.7. The van der Waals surface area contributed by atoms with Crippen LogP contribution in [0.2, 0.25) is 0 Å². The summed E-state index contributed by atoms with van der Waals surface area (Å²) in [6.45, 7) is 2.11. The molecule has 1 aromatic heterocycles. The molecule has 158 valence electrons. The third kappa shape index (κ3) is 4.59. The zero-order chi connectivity index (χ0) is 21.8. The lowest BCUT2D eigenvalue weighted by Crippen LogP contribution is -2.36. The van der Waals surface area contributed by atoms with Gasteiger partial charge in [0.25, 0.3) is 17.2 Å². The zero-order valence-electron chi connectivity index (χ0n) is 16.4. The Bertz CT molecular complexity index is 1170. The van der Waals surface area contributed by atoms with Gasteiger partial charge < -0.3 is 15.0 Å². The fraction of sp³-hybridized carbons (Fsp3) is 0.190. The number of aromatic amines is 1. The van der Waals surface area contributed by atoms with Gasteiger partial charge in [-0.1, -0.05) is 12.1 Å². The normalized spacial score (nSPS) is 13.6. The number of nitrogens with zero attached hydrogens (tertiary/aromatic N) is 3. The molecule has 4 rings (SSSR count). The maximum Gasteiger partial charge on any atom is 0.293 e. The van der Waals surface area contributed by atoms with Crippen LogP contribution in [0.25, 0.3) is 11.3 Å². The number of ether oxygens (including phenoxy) is 1. The molecule has 0 spiro atoms. The Morgan fingerprint density at radius 2 is 1.94 bits per heavy atom. The predicted octanol–water partition coefficient (Wildman–Crippen LogP) is 2.43. The number of H-pyrrole nitrogens is 1. The minimum atomic E-state index is -0.482. The summed E-state index contributed by atoms with van der Waals surface area (Å²) in [7, 11) is 0. The SMILES string of the molecule is O=C(Nc1cccc(-c2ccc(=O)[nH]n2)c1)c1ccc(N2CCOCC2)c([N+](=O)[O-])c1. The number of nitro benzene ring substituents is 1. The lowest BCUT2D eigenvalue weighted by molar-refractivity contribution is -0.384. The average molecular weight is 421 g/mol. The predicted molar refractivity (Wildman–Crippen MR) is 114 cm³/mol.